The molecule has 26 heavy (non-hydrogen) atoms. The van der Waals surface area contributed by atoms with Gasteiger partial charge in [-0.3, -0.25) is 4.99 Å². The molecule has 1 N–H and O–H groups in total. The Morgan fingerprint density at radius 2 is 1.81 bits per heavy atom. The number of likely N-dealkylation sites (tertiary alicyclic amines) is 1. The van der Waals surface area contributed by atoms with Crippen LogP contribution in [-0.4, -0.2) is 61.5 Å². The first-order valence-corrected chi connectivity index (χ1v) is 10.4. The van der Waals surface area contributed by atoms with Gasteiger partial charge in [0.1, 0.15) is 0 Å². The van der Waals surface area contributed by atoms with Crippen molar-refractivity contribution >= 4 is 29.9 Å². The molecule has 0 aromatic carbocycles. The second-order valence-electron chi connectivity index (χ2n) is 9.36. The molecule has 0 aromatic heterocycles. The van der Waals surface area contributed by atoms with Crippen molar-refractivity contribution in [1.29, 1.82) is 0 Å². The van der Waals surface area contributed by atoms with Gasteiger partial charge in [0.05, 0.1) is 18.3 Å². The molecular formula is C20H34IN3O2. The molecule has 1 saturated carbocycles. The third-order valence-electron chi connectivity index (χ3n) is 7.68. The second kappa shape index (κ2) is 7.07. The molecule has 5 aliphatic rings. The summed E-state index contributed by atoms with van der Waals surface area (Å²) in [7, 11) is 0. The van der Waals surface area contributed by atoms with Gasteiger partial charge in [0.25, 0.3) is 0 Å². The minimum atomic E-state index is 0. The first-order valence-electron chi connectivity index (χ1n) is 10.4. The smallest absolute Gasteiger partial charge is 0.194 e. The summed E-state index contributed by atoms with van der Waals surface area (Å²) in [4.78, 5) is 7.41. The van der Waals surface area contributed by atoms with Crippen molar-refractivity contribution in [3.63, 3.8) is 0 Å². The summed E-state index contributed by atoms with van der Waals surface area (Å²) in [5.41, 5.74) is 0.192. The second-order valence-corrected chi connectivity index (χ2v) is 9.36. The molecule has 6 heteroatoms. The van der Waals surface area contributed by atoms with Gasteiger partial charge < -0.3 is 19.7 Å². The van der Waals surface area contributed by atoms with E-state index in [4.69, 9.17) is 14.5 Å². The van der Waals surface area contributed by atoms with Crippen molar-refractivity contribution in [1.82, 2.24) is 10.2 Å². The van der Waals surface area contributed by atoms with Crippen LogP contribution in [-0.2, 0) is 9.47 Å². The minimum absolute atomic E-state index is 0. The summed E-state index contributed by atoms with van der Waals surface area (Å²) in [6.07, 6.45) is 6.47. The number of hydrogen-bond acceptors (Lipinski definition) is 3. The van der Waals surface area contributed by atoms with E-state index in [9.17, 15) is 0 Å². The molecule has 1 aliphatic carbocycles. The highest BCUT2D eigenvalue weighted by atomic mass is 127. The van der Waals surface area contributed by atoms with Crippen molar-refractivity contribution in [3.05, 3.63) is 0 Å². The number of rotatable bonds is 2. The number of nitrogens with one attached hydrogen (secondary N) is 1. The van der Waals surface area contributed by atoms with Crippen LogP contribution >= 0.6 is 24.0 Å². The molecule has 5 rings (SSSR count). The van der Waals surface area contributed by atoms with Crippen LogP contribution in [0.25, 0.3) is 0 Å². The summed E-state index contributed by atoms with van der Waals surface area (Å²) in [6.45, 7) is 10.9. The van der Waals surface area contributed by atoms with Crippen molar-refractivity contribution in [2.45, 2.75) is 70.8 Å². The quantitative estimate of drug-likeness (QED) is 0.379. The average Bonchev–Trinajstić information content (AvgIpc) is 3.31. The van der Waals surface area contributed by atoms with Crippen LogP contribution in [0.1, 0.15) is 46.5 Å². The monoisotopic (exact) mass is 475 g/mol. The summed E-state index contributed by atoms with van der Waals surface area (Å²) in [5.74, 6) is 3.23. The molecule has 7 unspecified atom stereocenters. The van der Waals surface area contributed by atoms with E-state index in [1.807, 2.05) is 0 Å². The lowest BCUT2D eigenvalue weighted by Crippen LogP contribution is -2.71. The Morgan fingerprint density at radius 1 is 1.12 bits per heavy atom. The van der Waals surface area contributed by atoms with E-state index >= 15 is 0 Å². The zero-order chi connectivity index (χ0) is 17.2. The Hall–Kier alpha value is -0.0800. The Bertz CT molecular complexity index is 551. The van der Waals surface area contributed by atoms with Crippen molar-refractivity contribution in [2.75, 3.05) is 26.2 Å². The number of nitrogens with zero attached hydrogens (tertiary/aromatic N) is 2. The van der Waals surface area contributed by atoms with Gasteiger partial charge in [0, 0.05) is 55.5 Å². The van der Waals surface area contributed by atoms with Crippen molar-refractivity contribution in [3.8, 4) is 0 Å². The van der Waals surface area contributed by atoms with Gasteiger partial charge in [0.15, 0.2) is 5.96 Å². The highest BCUT2D eigenvalue weighted by Gasteiger charge is 2.59. The van der Waals surface area contributed by atoms with Crippen molar-refractivity contribution < 1.29 is 9.47 Å². The molecule has 7 atom stereocenters. The van der Waals surface area contributed by atoms with Crippen LogP contribution in [0.5, 0.6) is 0 Å². The van der Waals surface area contributed by atoms with Gasteiger partial charge in [-0.1, -0.05) is 13.8 Å². The topological polar surface area (TPSA) is 46.1 Å². The lowest BCUT2D eigenvalue weighted by Gasteiger charge is -2.60. The van der Waals surface area contributed by atoms with E-state index in [-0.39, 0.29) is 29.4 Å². The average molecular weight is 475 g/mol. The Morgan fingerprint density at radius 3 is 2.46 bits per heavy atom. The number of guanidine groups is 1. The Balaban J connectivity index is 0.00000168. The lowest BCUT2D eigenvalue weighted by atomic mass is 9.55. The van der Waals surface area contributed by atoms with Gasteiger partial charge in [-0.15, -0.1) is 24.0 Å². The summed E-state index contributed by atoms with van der Waals surface area (Å²) in [6, 6.07) is 0.483. The molecule has 0 aromatic rings. The fraction of sp³-hybridized carbons (Fsp3) is 0.950. The van der Waals surface area contributed by atoms with E-state index < -0.39 is 0 Å². The Labute approximate surface area is 174 Å². The fourth-order valence-electron chi connectivity index (χ4n) is 6.47. The van der Waals surface area contributed by atoms with E-state index in [1.165, 1.54) is 25.7 Å². The molecule has 0 radical (unpaired) electrons. The molecule has 4 heterocycles. The van der Waals surface area contributed by atoms with E-state index in [2.05, 4.69) is 31.0 Å². The third-order valence-corrected chi connectivity index (χ3v) is 7.68. The van der Waals surface area contributed by atoms with Gasteiger partial charge >= 0.3 is 0 Å². The highest BCUT2D eigenvalue weighted by molar-refractivity contribution is 14.0. The predicted octanol–water partition coefficient (Wildman–Crippen LogP) is 2.88. The number of hydrogen-bond donors (Lipinski definition) is 1. The zero-order valence-corrected chi connectivity index (χ0v) is 18.6. The first kappa shape index (κ1) is 19.2. The summed E-state index contributed by atoms with van der Waals surface area (Å²) < 4.78 is 12.2. The molecular weight excluding hydrogens is 441 g/mol. The van der Waals surface area contributed by atoms with Crippen LogP contribution in [0.3, 0.4) is 0 Å². The number of ether oxygens (including phenoxy) is 2. The number of halogens is 1. The van der Waals surface area contributed by atoms with Crippen molar-refractivity contribution in [2.24, 2.45) is 28.2 Å². The maximum absolute atomic E-state index is 6.14. The molecule has 5 fully saturated rings. The third kappa shape index (κ3) is 2.81. The maximum Gasteiger partial charge on any atom is 0.194 e. The van der Waals surface area contributed by atoms with E-state index in [1.54, 1.807) is 0 Å². The largest absolute Gasteiger partial charge is 0.377 e. The molecule has 5 nitrogen and oxygen atoms in total. The fourth-order valence-corrected chi connectivity index (χ4v) is 6.47. The van der Waals surface area contributed by atoms with Gasteiger partial charge in [-0.05, 0) is 32.6 Å². The molecule has 0 amide bonds. The summed E-state index contributed by atoms with van der Waals surface area (Å²) >= 11 is 0. The summed E-state index contributed by atoms with van der Waals surface area (Å²) in [5, 5.41) is 3.88. The van der Waals surface area contributed by atoms with E-state index in [0.717, 1.165) is 44.0 Å². The Kier molecular flexibility index (Phi) is 5.23. The van der Waals surface area contributed by atoms with Crippen LogP contribution in [0, 0.1) is 23.2 Å². The highest BCUT2D eigenvalue weighted by Crippen LogP contribution is 2.52. The van der Waals surface area contributed by atoms with Crippen LogP contribution in [0.4, 0.5) is 0 Å². The van der Waals surface area contributed by atoms with Gasteiger partial charge in [-0.2, -0.15) is 0 Å². The van der Waals surface area contributed by atoms with Crippen LogP contribution in [0.15, 0.2) is 4.99 Å². The molecule has 4 aliphatic heterocycles. The number of fused-ring (bicyclic) bond motifs is 6. The first-order chi connectivity index (χ1) is 12.1. The van der Waals surface area contributed by atoms with Crippen LogP contribution < -0.4 is 5.32 Å². The number of aliphatic imine (C=N–C) groups is 1. The van der Waals surface area contributed by atoms with Gasteiger partial charge in [-0.25, -0.2) is 0 Å². The standard InChI is InChI=1S/C20H33N3O2.HI/c1-4-21-19(22-17-12-6-5-9-24-18(12)20(17,2)3)23-10-13-14(11-23)16-8-7-15(13)25-16;/h12-18H,4-11H2,1-3H3,(H,21,22);1H. The lowest BCUT2D eigenvalue weighted by molar-refractivity contribution is -0.188. The zero-order valence-electron chi connectivity index (χ0n) is 16.3. The SMILES string of the molecule is CCN=C(NC1C2CCCOC2C1(C)C)N1CC2C3CCC(O3)C2C1.I. The van der Waals surface area contributed by atoms with E-state index in [0.29, 0.717) is 30.3 Å². The van der Waals surface area contributed by atoms with Crippen LogP contribution in [0.2, 0.25) is 0 Å². The normalized spacial score (nSPS) is 45.6. The molecule has 4 saturated heterocycles. The predicted molar refractivity (Wildman–Crippen MR) is 113 cm³/mol. The maximum atomic E-state index is 6.14. The minimum Gasteiger partial charge on any atom is -0.377 e. The molecule has 0 spiro atoms. The van der Waals surface area contributed by atoms with Gasteiger partial charge in [0.2, 0.25) is 0 Å². The molecule has 2 bridgehead atoms. The molecule has 148 valence electrons.